The van der Waals surface area contributed by atoms with Crippen LogP contribution >= 0.6 is 0 Å². The number of carbonyl (C=O) groups is 1. The van der Waals surface area contributed by atoms with Crippen molar-refractivity contribution in [3.63, 3.8) is 0 Å². The van der Waals surface area contributed by atoms with Crippen LogP contribution in [0.25, 0.3) is 0 Å². The average Bonchev–Trinajstić information content (AvgIpc) is 2.78. The summed E-state index contributed by atoms with van der Waals surface area (Å²) in [6.45, 7) is 3.27. The molecule has 1 fully saturated rings. The van der Waals surface area contributed by atoms with Crippen molar-refractivity contribution in [2.45, 2.75) is 38.1 Å². The van der Waals surface area contributed by atoms with Gasteiger partial charge in [0.25, 0.3) is 0 Å². The molecule has 4 rings (SSSR count). The van der Waals surface area contributed by atoms with Crippen molar-refractivity contribution in [2.75, 3.05) is 33.9 Å². The van der Waals surface area contributed by atoms with Crippen LogP contribution in [-0.4, -0.2) is 54.6 Å². The highest BCUT2D eigenvalue weighted by Crippen LogP contribution is 2.27. The van der Waals surface area contributed by atoms with E-state index in [-0.39, 0.29) is 12.3 Å². The molecule has 3 heterocycles. The Bertz CT molecular complexity index is 880. The average molecular weight is 396 g/mol. The fourth-order valence-corrected chi connectivity index (χ4v) is 4.11. The predicted octanol–water partition coefficient (Wildman–Crippen LogP) is 2.09. The molecule has 29 heavy (non-hydrogen) atoms. The zero-order valence-corrected chi connectivity index (χ0v) is 17.1. The summed E-state index contributed by atoms with van der Waals surface area (Å²) >= 11 is 0. The van der Waals surface area contributed by atoms with Gasteiger partial charge in [0.1, 0.15) is 17.3 Å². The molecule has 0 radical (unpaired) electrons. The zero-order chi connectivity index (χ0) is 20.2. The number of carbonyl (C=O) groups excluding carboxylic acids is 1. The smallest absolute Gasteiger partial charge is 0.227 e. The van der Waals surface area contributed by atoms with Crippen molar-refractivity contribution in [1.29, 1.82) is 0 Å². The van der Waals surface area contributed by atoms with Gasteiger partial charge in [0.05, 0.1) is 26.3 Å². The highest BCUT2D eigenvalue weighted by molar-refractivity contribution is 5.80. The number of hydrogen-bond acceptors (Lipinski definition) is 6. The molecule has 1 amide bonds. The van der Waals surface area contributed by atoms with Gasteiger partial charge in [-0.1, -0.05) is 0 Å². The van der Waals surface area contributed by atoms with E-state index in [1.165, 1.54) is 6.42 Å². The fraction of sp³-hybridized carbons (Fsp3) is 0.500. The van der Waals surface area contributed by atoms with E-state index in [0.717, 1.165) is 54.3 Å². The Morgan fingerprint density at radius 3 is 2.97 bits per heavy atom. The molecule has 0 spiro atoms. The Kier molecular flexibility index (Phi) is 5.94. The van der Waals surface area contributed by atoms with E-state index in [0.29, 0.717) is 24.8 Å². The van der Waals surface area contributed by atoms with Crippen molar-refractivity contribution >= 4 is 5.91 Å². The van der Waals surface area contributed by atoms with Gasteiger partial charge in [-0.05, 0) is 37.6 Å². The second kappa shape index (κ2) is 8.78. The summed E-state index contributed by atoms with van der Waals surface area (Å²) < 4.78 is 10.7. The number of piperidine rings is 1. The van der Waals surface area contributed by atoms with Crippen molar-refractivity contribution < 1.29 is 14.3 Å². The highest BCUT2D eigenvalue weighted by Gasteiger charge is 2.25. The minimum Gasteiger partial charge on any atom is -0.497 e. The SMILES string of the molecule is COc1ccc(OC)c(CC(=O)N2CCc3nc(C4CCCNC4)ncc3C2)c1. The monoisotopic (exact) mass is 396 g/mol. The van der Waals surface area contributed by atoms with Crippen LogP contribution in [-0.2, 0) is 24.2 Å². The Morgan fingerprint density at radius 1 is 1.31 bits per heavy atom. The first-order valence-corrected chi connectivity index (χ1v) is 10.2. The largest absolute Gasteiger partial charge is 0.497 e. The number of aromatic nitrogens is 2. The van der Waals surface area contributed by atoms with Crippen LogP contribution in [0.3, 0.4) is 0 Å². The van der Waals surface area contributed by atoms with Crippen LogP contribution in [0.15, 0.2) is 24.4 Å². The number of ether oxygens (including phenoxy) is 2. The zero-order valence-electron chi connectivity index (χ0n) is 17.1. The van der Waals surface area contributed by atoms with E-state index in [4.69, 9.17) is 14.5 Å². The van der Waals surface area contributed by atoms with Crippen molar-refractivity contribution in [1.82, 2.24) is 20.2 Å². The lowest BCUT2D eigenvalue weighted by Gasteiger charge is -2.29. The molecule has 2 aliphatic heterocycles. The minimum atomic E-state index is 0.0720. The van der Waals surface area contributed by atoms with Gasteiger partial charge in [0.2, 0.25) is 5.91 Å². The number of amides is 1. The van der Waals surface area contributed by atoms with Crippen molar-refractivity contribution in [2.24, 2.45) is 0 Å². The lowest BCUT2D eigenvalue weighted by atomic mass is 9.98. The highest BCUT2D eigenvalue weighted by atomic mass is 16.5. The van der Waals surface area contributed by atoms with Gasteiger partial charge in [-0.3, -0.25) is 4.79 Å². The summed E-state index contributed by atoms with van der Waals surface area (Å²) in [6, 6.07) is 5.53. The molecule has 0 aliphatic carbocycles. The first kappa shape index (κ1) is 19.6. The number of rotatable bonds is 5. The summed E-state index contributed by atoms with van der Waals surface area (Å²) in [5.74, 6) is 2.83. The van der Waals surface area contributed by atoms with Crippen LogP contribution < -0.4 is 14.8 Å². The molecule has 1 aromatic heterocycles. The van der Waals surface area contributed by atoms with Crippen LogP contribution in [0.2, 0.25) is 0 Å². The van der Waals surface area contributed by atoms with Gasteiger partial charge in [0, 0.05) is 49.3 Å². The molecule has 154 valence electrons. The second-order valence-corrected chi connectivity index (χ2v) is 7.66. The molecule has 1 atom stereocenters. The van der Waals surface area contributed by atoms with E-state index in [1.54, 1.807) is 14.2 Å². The van der Waals surface area contributed by atoms with Gasteiger partial charge < -0.3 is 19.7 Å². The summed E-state index contributed by atoms with van der Waals surface area (Å²) in [5, 5.41) is 3.42. The van der Waals surface area contributed by atoms with Crippen LogP contribution in [0.4, 0.5) is 0 Å². The number of fused-ring (bicyclic) bond motifs is 1. The van der Waals surface area contributed by atoms with E-state index < -0.39 is 0 Å². The van der Waals surface area contributed by atoms with E-state index in [1.807, 2.05) is 29.3 Å². The Hall–Kier alpha value is -2.67. The van der Waals surface area contributed by atoms with Crippen LogP contribution in [0, 0.1) is 0 Å². The molecule has 1 unspecified atom stereocenters. The molecule has 7 heteroatoms. The molecule has 1 saturated heterocycles. The maximum Gasteiger partial charge on any atom is 0.227 e. The summed E-state index contributed by atoms with van der Waals surface area (Å²) in [7, 11) is 3.23. The van der Waals surface area contributed by atoms with Gasteiger partial charge in [-0.2, -0.15) is 0 Å². The van der Waals surface area contributed by atoms with Crippen molar-refractivity contribution in [3.8, 4) is 11.5 Å². The number of hydrogen-bond donors (Lipinski definition) is 1. The topological polar surface area (TPSA) is 76.6 Å². The molecular weight excluding hydrogens is 368 g/mol. The Morgan fingerprint density at radius 2 is 2.21 bits per heavy atom. The van der Waals surface area contributed by atoms with Gasteiger partial charge in [-0.15, -0.1) is 0 Å². The number of methoxy groups -OCH3 is 2. The normalized spacial score (nSPS) is 18.8. The standard InChI is InChI=1S/C22H28N4O3/c1-28-18-5-6-20(29-2)16(10-18)11-21(27)26-9-7-19-17(14-26)13-24-22(25-19)15-4-3-8-23-12-15/h5-6,10,13,15,23H,3-4,7-9,11-12,14H2,1-2H3. The second-order valence-electron chi connectivity index (χ2n) is 7.66. The fourth-order valence-electron chi connectivity index (χ4n) is 4.11. The molecular formula is C22H28N4O3. The number of benzene rings is 1. The Balaban J connectivity index is 1.45. The lowest BCUT2D eigenvalue weighted by Crippen LogP contribution is -2.38. The van der Waals surface area contributed by atoms with Crippen LogP contribution in [0.1, 0.15) is 41.4 Å². The van der Waals surface area contributed by atoms with E-state index in [2.05, 4.69) is 10.3 Å². The third-order valence-electron chi connectivity index (χ3n) is 5.80. The van der Waals surface area contributed by atoms with Gasteiger partial charge in [0.15, 0.2) is 0 Å². The molecule has 2 aromatic rings. The predicted molar refractivity (Wildman–Crippen MR) is 109 cm³/mol. The Labute approximate surface area is 171 Å². The van der Waals surface area contributed by atoms with Gasteiger partial charge >= 0.3 is 0 Å². The quantitative estimate of drug-likeness (QED) is 0.834. The van der Waals surface area contributed by atoms with Gasteiger partial charge in [-0.25, -0.2) is 9.97 Å². The van der Waals surface area contributed by atoms with Crippen LogP contribution in [0.5, 0.6) is 11.5 Å². The first-order valence-electron chi connectivity index (χ1n) is 10.2. The molecule has 1 aromatic carbocycles. The minimum absolute atomic E-state index is 0.0720. The summed E-state index contributed by atoms with van der Waals surface area (Å²) in [5.41, 5.74) is 2.97. The van der Waals surface area contributed by atoms with E-state index in [9.17, 15) is 4.79 Å². The summed E-state index contributed by atoms with van der Waals surface area (Å²) in [6.07, 6.45) is 5.27. The molecule has 2 aliphatic rings. The van der Waals surface area contributed by atoms with Crippen molar-refractivity contribution in [3.05, 3.63) is 47.0 Å². The maximum absolute atomic E-state index is 12.9. The third kappa shape index (κ3) is 4.34. The first-order chi connectivity index (χ1) is 14.2. The molecule has 1 N–H and O–H groups in total. The third-order valence-corrected chi connectivity index (χ3v) is 5.80. The maximum atomic E-state index is 12.9. The molecule has 7 nitrogen and oxygen atoms in total. The lowest BCUT2D eigenvalue weighted by molar-refractivity contribution is -0.131. The molecule has 0 bridgehead atoms. The number of nitrogens with one attached hydrogen (secondary N) is 1. The van der Waals surface area contributed by atoms with E-state index >= 15 is 0 Å². The number of nitrogens with zero attached hydrogens (tertiary/aromatic N) is 3. The summed E-state index contributed by atoms with van der Waals surface area (Å²) in [4.78, 5) is 24.3. The molecule has 0 saturated carbocycles.